The molecule has 0 aromatic heterocycles. The van der Waals surface area contributed by atoms with Gasteiger partial charge < -0.3 is 5.32 Å². The predicted octanol–water partition coefficient (Wildman–Crippen LogP) is 0.800. The van der Waals surface area contributed by atoms with E-state index in [1.54, 1.807) is 7.05 Å². The molecule has 1 heterocycles. The number of unbranched alkanes of at least 4 members (excludes halogenated alkanes) is 2. The van der Waals surface area contributed by atoms with E-state index in [9.17, 15) is 8.42 Å². The summed E-state index contributed by atoms with van der Waals surface area (Å²) in [4.78, 5) is 0. The third-order valence-corrected chi connectivity index (χ3v) is 5.24. The maximum absolute atomic E-state index is 12.0. The predicted molar refractivity (Wildman–Crippen MR) is 62.3 cm³/mol. The second-order valence-electron chi connectivity index (χ2n) is 4.19. The zero-order valence-corrected chi connectivity index (χ0v) is 10.5. The standard InChI is InChI=1S/C10H22N2O2S/c1-3-4-5-8-12(2)15(13,14)10-6-7-11-9-10/h10-11H,3-9H2,1-2H3. The number of nitrogens with zero attached hydrogens (tertiary/aromatic N) is 1. The zero-order chi connectivity index (χ0) is 11.3. The minimum Gasteiger partial charge on any atom is -0.315 e. The van der Waals surface area contributed by atoms with Crippen LogP contribution in [0.25, 0.3) is 0 Å². The second kappa shape index (κ2) is 5.82. The normalized spacial score (nSPS) is 22.5. The van der Waals surface area contributed by atoms with E-state index >= 15 is 0 Å². The third kappa shape index (κ3) is 3.43. The van der Waals surface area contributed by atoms with Gasteiger partial charge in [0.25, 0.3) is 0 Å². The van der Waals surface area contributed by atoms with E-state index in [1.165, 1.54) is 4.31 Å². The Morgan fingerprint density at radius 2 is 2.13 bits per heavy atom. The highest BCUT2D eigenvalue weighted by atomic mass is 32.2. The van der Waals surface area contributed by atoms with E-state index in [-0.39, 0.29) is 5.25 Å². The number of nitrogens with one attached hydrogen (secondary N) is 1. The summed E-state index contributed by atoms with van der Waals surface area (Å²) in [5.74, 6) is 0. The maximum atomic E-state index is 12.0. The lowest BCUT2D eigenvalue weighted by atomic mass is 10.2. The first kappa shape index (κ1) is 12.9. The van der Waals surface area contributed by atoms with Crippen LogP contribution in [0.2, 0.25) is 0 Å². The van der Waals surface area contributed by atoms with Crippen LogP contribution in [0.1, 0.15) is 32.6 Å². The number of sulfonamides is 1. The summed E-state index contributed by atoms with van der Waals surface area (Å²) in [6.07, 6.45) is 3.94. The summed E-state index contributed by atoms with van der Waals surface area (Å²) in [5.41, 5.74) is 0. The molecule has 90 valence electrons. The first-order chi connectivity index (χ1) is 7.09. The summed E-state index contributed by atoms with van der Waals surface area (Å²) in [7, 11) is -1.35. The van der Waals surface area contributed by atoms with Crippen molar-refractivity contribution in [1.82, 2.24) is 9.62 Å². The minimum atomic E-state index is -3.05. The van der Waals surface area contributed by atoms with Crippen LogP contribution in [-0.4, -0.2) is 44.7 Å². The molecule has 1 saturated heterocycles. The van der Waals surface area contributed by atoms with Gasteiger partial charge in [-0.1, -0.05) is 19.8 Å². The van der Waals surface area contributed by atoms with E-state index in [1.807, 2.05) is 0 Å². The Hall–Kier alpha value is -0.130. The van der Waals surface area contributed by atoms with Crippen molar-refractivity contribution in [3.05, 3.63) is 0 Å². The van der Waals surface area contributed by atoms with Crippen LogP contribution < -0.4 is 5.32 Å². The van der Waals surface area contributed by atoms with Gasteiger partial charge in [0, 0.05) is 20.1 Å². The van der Waals surface area contributed by atoms with Gasteiger partial charge in [-0.2, -0.15) is 0 Å². The monoisotopic (exact) mass is 234 g/mol. The molecule has 4 nitrogen and oxygen atoms in total. The van der Waals surface area contributed by atoms with Crippen molar-refractivity contribution in [2.75, 3.05) is 26.7 Å². The van der Waals surface area contributed by atoms with Crippen molar-refractivity contribution in [3.8, 4) is 0 Å². The highest BCUT2D eigenvalue weighted by Gasteiger charge is 2.31. The smallest absolute Gasteiger partial charge is 0.218 e. The van der Waals surface area contributed by atoms with Crippen LogP contribution in [0, 0.1) is 0 Å². The average Bonchev–Trinajstić information content (AvgIpc) is 2.71. The van der Waals surface area contributed by atoms with Gasteiger partial charge in [-0.05, 0) is 19.4 Å². The fourth-order valence-electron chi connectivity index (χ4n) is 1.85. The Kier molecular flexibility index (Phi) is 5.02. The van der Waals surface area contributed by atoms with Crippen LogP contribution in [0.5, 0.6) is 0 Å². The molecule has 0 saturated carbocycles. The summed E-state index contributed by atoms with van der Waals surface area (Å²) in [5, 5.41) is 2.89. The molecule has 15 heavy (non-hydrogen) atoms. The molecular weight excluding hydrogens is 212 g/mol. The van der Waals surface area contributed by atoms with Crippen LogP contribution in [0.4, 0.5) is 0 Å². The number of rotatable bonds is 6. The molecule has 1 aliphatic heterocycles. The van der Waals surface area contributed by atoms with Gasteiger partial charge in [0.05, 0.1) is 5.25 Å². The maximum Gasteiger partial charge on any atom is 0.218 e. The van der Waals surface area contributed by atoms with Crippen molar-refractivity contribution >= 4 is 10.0 Å². The highest BCUT2D eigenvalue weighted by Crippen LogP contribution is 2.14. The van der Waals surface area contributed by atoms with Gasteiger partial charge in [0.2, 0.25) is 10.0 Å². The van der Waals surface area contributed by atoms with Crippen LogP contribution in [0.15, 0.2) is 0 Å². The molecule has 0 bridgehead atoms. The first-order valence-corrected chi connectivity index (χ1v) is 7.25. The Bertz CT molecular complexity index is 271. The topological polar surface area (TPSA) is 49.4 Å². The quantitative estimate of drug-likeness (QED) is 0.692. The Labute approximate surface area is 93.1 Å². The molecule has 1 unspecified atom stereocenters. The van der Waals surface area contributed by atoms with E-state index in [0.717, 1.165) is 32.2 Å². The van der Waals surface area contributed by atoms with Crippen molar-refractivity contribution in [2.45, 2.75) is 37.9 Å². The summed E-state index contributed by atoms with van der Waals surface area (Å²) in [6, 6.07) is 0. The molecule has 5 heteroatoms. The molecule has 1 fully saturated rings. The van der Waals surface area contributed by atoms with E-state index in [0.29, 0.717) is 13.1 Å². The zero-order valence-electron chi connectivity index (χ0n) is 9.70. The summed E-state index contributed by atoms with van der Waals surface area (Å²) in [6.45, 7) is 4.22. The fraction of sp³-hybridized carbons (Fsp3) is 1.00. The van der Waals surface area contributed by atoms with Gasteiger partial charge in [-0.3, -0.25) is 0 Å². The lowest BCUT2D eigenvalue weighted by Gasteiger charge is -2.20. The molecule has 0 amide bonds. The van der Waals surface area contributed by atoms with Gasteiger partial charge >= 0.3 is 0 Å². The molecule has 1 N–H and O–H groups in total. The van der Waals surface area contributed by atoms with Crippen LogP contribution >= 0.6 is 0 Å². The Balaban J connectivity index is 2.45. The van der Waals surface area contributed by atoms with Gasteiger partial charge in [0.15, 0.2) is 0 Å². The first-order valence-electron chi connectivity index (χ1n) is 5.75. The largest absolute Gasteiger partial charge is 0.315 e. The van der Waals surface area contributed by atoms with Crippen molar-refractivity contribution in [2.24, 2.45) is 0 Å². The summed E-state index contributed by atoms with van der Waals surface area (Å²) >= 11 is 0. The molecule has 0 spiro atoms. The minimum absolute atomic E-state index is 0.205. The van der Waals surface area contributed by atoms with Gasteiger partial charge in [-0.25, -0.2) is 12.7 Å². The van der Waals surface area contributed by atoms with Crippen molar-refractivity contribution in [3.63, 3.8) is 0 Å². The molecule has 0 aromatic carbocycles. The van der Waals surface area contributed by atoms with E-state index in [4.69, 9.17) is 0 Å². The fourth-order valence-corrected chi connectivity index (χ4v) is 3.49. The van der Waals surface area contributed by atoms with Crippen molar-refractivity contribution in [1.29, 1.82) is 0 Å². The molecule has 0 radical (unpaired) electrons. The van der Waals surface area contributed by atoms with Crippen LogP contribution in [-0.2, 0) is 10.0 Å². The number of hydrogen-bond acceptors (Lipinski definition) is 3. The molecule has 0 aromatic rings. The molecule has 1 aliphatic rings. The Morgan fingerprint density at radius 3 is 2.67 bits per heavy atom. The lowest BCUT2D eigenvalue weighted by Crippen LogP contribution is -2.37. The van der Waals surface area contributed by atoms with Crippen LogP contribution in [0.3, 0.4) is 0 Å². The molecular formula is C10H22N2O2S. The van der Waals surface area contributed by atoms with Gasteiger partial charge in [-0.15, -0.1) is 0 Å². The third-order valence-electron chi connectivity index (χ3n) is 2.95. The van der Waals surface area contributed by atoms with Crippen molar-refractivity contribution < 1.29 is 8.42 Å². The summed E-state index contributed by atoms with van der Waals surface area (Å²) < 4.78 is 25.6. The number of hydrogen-bond donors (Lipinski definition) is 1. The SMILES string of the molecule is CCCCCN(C)S(=O)(=O)C1CCNC1. The van der Waals surface area contributed by atoms with E-state index < -0.39 is 10.0 Å². The Morgan fingerprint density at radius 1 is 1.40 bits per heavy atom. The lowest BCUT2D eigenvalue weighted by molar-refractivity contribution is 0.446. The second-order valence-corrected chi connectivity index (χ2v) is 6.51. The average molecular weight is 234 g/mol. The highest BCUT2D eigenvalue weighted by molar-refractivity contribution is 7.89. The van der Waals surface area contributed by atoms with Gasteiger partial charge in [0.1, 0.15) is 0 Å². The molecule has 0 aliphatic carbocycles. The van der Waals surface area contributed by atoms with E-state index in [2.05, 4.69) is 12.2 Å². The molecule has 1 rings (SSSR count). The molecule has 1 atom stereocenters.